The molecule has 0 aliphatic carbocycles. The Hall–Kier alpha value is -0.736. The maximum absolute atomic E-state index is 14.2. The summed E-state index contributed by atoms with van der Waals surface area (Å²) in [6, 6.07) is 4.50. The molecule has 1 aromatic rings. The summed E-state index contributed by atoms with van der Waals surface area (Å²) in [6.45, 7) is 12.3. The van der Waals surface area contributed by atoms with E-state index in [4.69, 9.17) is 0 Å². The molecule has 0 bridgehead atoms. The van der Waals surface area contributed by atoms with Crippen LogP contribution in [0, 0.1) is 35.0 Å². The number of halogens is 2. The van der Waals surface area contributed by atoms with E-state index in [0.29, 0.717) is 18.9 Å². The molecule has 0 aliphatic heterocycles. The van der Waals surface area contributed by atoms with Gasteiger partial charge < -0.3 is 4.90 Å². The number of nitrogens with zero attached hydrogens (tertiary/aromatic N) is 1. The number of benzene rings is 1. The van der Waals surface area contributed by atoms with Crippen LogP contribution in [0.4, 0.5) is 14.5 Å². The van der Waals surface area contributed by atoms with Gasteiger partial charge in [-0.3, -0.25) is 4.79 Å². The van der Waals surface area contributed by atoms with E-state index in [1.54, 1.807) is 0 Å². The van der Waals surface area contributed by atoms with Gasteiger partial charge in [-0.2, -0.15) is 0 Å². The molecule has 2 nitrogen and oxygen atoms in total. The minimum Gasteiger partial charge on any atom is -0.309 e. The van der Waals surface area contributed by atoms with Crippen molar-refractivity contribution in [2.75, 3.05) is 11.4 Å². The van der Waals surface area contributed by atoms with Crippen molar-refractivity contribution >= 4 is 11.6 Å². The van der Waals surface area contributed by atoms with Gasteiger partial charge >= 0.3 is 0 Å². The fourth-order valence-electron chi connectivity index (χ4n) is 2.64. The molecule has 0 saturated heterocycles. The van der Waals surface area contributed by atoms with Gasteiger partial charge in [-0.25, -0.2) is 8.78 Å². The largest absolute Gasteiger partial charge is 0.309 e. The fraction of sp³-hybridized carbons (Fsp3) is 0.632. The van der Waals surface area contributed by atoms with Crippen molar-refractivity contribution in [3.05, 3.63) is 29.8 Å². The van der Waals surface area contributed by atoms with E-state index in [2.05, 4.69) is 13.8 Å². The first-order valence-electron chi connectivity index (χ1n) is 8.27. The van der Waals surface area contributed by atoms with Crippen molar-refractivity contribution in [3.63, 3.8) is 0 Å². The number of amides is 1. The zero-order valence-electron chi connectivity index (χ0n) is 15.5. The van der Waals surface area contributed by atoms with Gasteiger partial charge in [0.15, 0.2) is 5.82 Å². The number of hydrogen-bond acceptors (Lipinski definition) is 1. The number of hydrogen-bond donors (Lipinski definition) is 0. The normalized spacial score (nSPS) is 12.7. The molecular weight excluding hydrogens is 344 g/mol. The molecule has 0 aromatic heterocycles. The molecule has 1 amide bonds. The van der Waals surface area contributed by atoms with Crippen LogP contribution in [0.3, 0.4) is 0 Å². The van der Waals surface area contributed by atoms with Crippen molar-refractivity contribution in [2.24, 2.45) is 17.3 Å². The maximum Gasteiger partial charge on any atom is 0.232 e. The molecule has 0 saturated carbocycles. The van der Waals surface area contributed by atoms with E-state index in [1.807, 2.05) is 33.8 Å². The van der Waals surface area contributed by atoms with E-state index in [-0.39, 0.29) is 39.2 Å². The van der Waals surface area contributed by atoms with Crippen LogP contribution in [0.15, 0.2) is 12.1 Å². The molecule has 0 fully saturated rings. The molecule has 24 heavy (non-hydrogen) atoms. The second-order valence-electron chi connectivity index (χ2n) is 7.39. The van der Waals surface area contributed by atoms with Gasteiger partial charge in [-0.05, 0) is 36.8 Å². The average molecular weight is 372 g/mol. The van der Waals surface area contributed by atoms with Crippen LogP contribution < -0.4 is 4.90 Å². The van der Waals surface area contributed by atoms with E-state index in [1.165, 1.54) is 11.0 Å². The Kier molecular flexibility index (Phi) is 9.37. The van der Waals surface area contributed by atoms with Gasteiger partial charge in [-0.1, -0.05) is 41.5 Å². The van der Waals surface area contributed by atoms with Gasteiger partial charge in [0.1, 0.15) is 5.82 Å². The van der Waals surface area contributed by atoms with Crippen LogP contribution in [0.1, 0.15) is 54.4 Å². The Labute approximate surface area is 159 Å². The van der Waals surface area contributed by atoms with E-state index in [9.17, 15) is 13.6 Å². The molecule has 133 valence electrons. The molecule has 1 atom stereocenters. The first kappa shape index (κ1) is 23.3. The standard InChI is InChI=1S/C19H28F2NO.Ti/c1-7-19(5,6)18(23)22(12-14(4)10-13(2)3)17-9-8-15(20)11-16(17)21;/h8-9,13-14H,7,10,12H2,1-6H3;. The van der Waals surface area contributed by atoms with Crippen molar-refractivity contribution in [2.45, 2.75) is 54.4 Å². The molecular formula is C19H28F2NOTi. The molecule has 1 rings (SSSR count). The summed E-state index contributed by atoms with van der Waals surface area (Å²) in [5.74, 6) is -1.01. The van der Waals surface area contributed by atoms with Crippen LogP contribution in [0.2, 0.25) is 0 Å². The molecule has 1 radical (unpaired) electrons. The smallest absolute Gasteiger partial charge is 0.232 e. The van der Waals surface area contributed by atoms with Gasteiger partial charge in [0, 0.05) is 33.7 Å². The van der Waals surface area contributed by atoms with Gasteiger partial charge in [-0.15, -0.1) is 0 Å². The summed E-state index contributed by atoms with van der Waals surface area (Å²) in [7, 11) is 0. The number of anilines is 1. The summed E-state index contributed by atoms with van der Waals surface area (Å²) in [6.07, 6.45) is 1.58. The van der Waals surface area contributed by atoms with Crippen molar-refractivity contribution in [1.82, 2.24) is 0 Å². The quantitative estimate of drug-likeness (QED) is 0.602. The van der Waals surface area contributed by atoms with Crippen LogP contribution in [0.25, 0.3) is 0 Å². The van der Waals surface area contributed by atoms with Crippen molar-refractivity contribution < 1.29 is 35.3 Å². The Balaban J connectivity index is 0.00000529. The molecule has 5 heteroatoms. The average Bonchev–Trinajstić information content (AvgIpc) is 2.43. The minimum absolute atomic E-state index is 0. The summed E-state index contributed by atoms with van der Waals surface area (Å²) in [4.78, 5) is 14.4. The molecule has 1 unspecified atom stereocenters. The van der Waals surface area contributed by atoms with Crippen LogP contribution >= 0.6 is 0 Å². The monoisotopic (exact) mass is 372 g/mol. The predicted molar refractivity (Wildman–Crippen MR) is 90.2 cm³/mol. The second kappa shape index (κ2) is 9.67. The number of carbonyl (C=O) groups excluding carboxylic acids is 1. The molecule has 0 aliphatic rings. The fourth-order valence-corrected chi connectivity index (χ4v) is 2.64. The molecule has 0 spiro atoms. The minimum atomic E-state index is -0.818. The predicted octanol–water partition coefficient (Wildman–Crippen LogP) is 5.21. The van der Waals surface area contributed by atoms with Crippen molar-refractivity contribution in [1.29, 1.82) is 0 Å². The summed E-state index contributed by atoms with van der Waals surface area (Å²) >= 11 is 0. The zero-order chi connectivity index (χ0) is 17.8. The SMILES string of the molecule is CCC(C)(C)C(=O)N(CC(C)CC(C)C)c1ccc(F)[c]c1F.[Ti]. The van der Waals surface area contributed by atoms with Gasteiger partial charge in [0.05, 0.1) is 11.8 Å². The van der Waals surface area contributed by atoms with Crippen LogP contribution in [-0.4, -0.2) is 12.5 Å². The van der Waals surface area contributed by atoms with E-state index < -0.39 is 17.0 Å². The molecule has 0 heterocycles. The topological polar surface area (TPSA) is 20.3 Å². The first-order chi connectivity index (χ1) is 10.6. The zero-order valence-corrected chi connectivity index (χ0v) is 17.1. The van der Waals surface area contributed by atoms with E-state index in [0.717, 1.165) is 12.5 Å². The molecule has 1 aromatic carbocycles. The Morgan fingerprint density at radius 2 is 1.83 bits per heavy atom. The Morgan fingerprint density at radius 3 is 2.29 bits per heavy atom. The van der Waals surface area contributed by atoms with E-state index >= 15 is 0 Å². The second-order valence-corrected chi connectivity index (χ2v) is 7.39. The number of rotatable bonds is 7. The third kappa shape index (κ3) is 6.29. The van der Waals surface area contributed by atoms with Crippen molar-refractivity contribution in [3.8, 4) is 0 Å². The van der Waals surface area contributed by atoms with Crippen LogP contribution in [-0.2, 0) is 26.5 Å². The Bertz CT molecular complexity index is 546. The maximum atomic E-state index is 14.2. The van der Waals surface area contributed by atoms with Gasteiger partial charge in [0.25, 0.3) is 0 Å². The first-order valence-corrected chi connectivity index (χ1v) is 8.27. The summed E-state index contributed by atoms with van der Waals surface area (Å²) < 4.78 is 27.3. The van der Waals surface area contributed by atoms with Gasteiger partial charge in [0.2, 0.25) is 5.91 Å². The number of carbonyl (C=O) groups is 1. The third-order valence-electron chi connectivity index (χ3n) is 4.21. The summed E-state index contributed by atoms with van der Waals surface area (Å²) in [5, 5.41) is 0. The van der Waals surface area contributed by atoms with Crippen LogP contribution in [0.5, 0.6) is 0 Å². The third-order valence-corrected chi connectivity index (χ3v) is 4.21. The Morgan fingerprint density at radius 1 is 1.25 bits per heavy atom. The summed E-state index contributed by atoms with van der Waals surface area (Å²) in [5.41, 5.74) is -0.494. The molecule has 0 N–H and O–H groups in total.